The summed E-state index contributed by atoms with van der Waals surface area (Å²) in [4.78, 5) is 42.8. The van der Waals surface area contributed by atoms with Crippen molar-refractivity contribution < 1.29 is 24.2 Å². The van der Waals surface area contributed by atoms with Gasteiger partial charge in [0.25, 0.3) is 11.5 Å². The highest BCUT2D eigenvalue weighted by Gasteiger charge is 2.22. The third kappa shape index (κ3) is 3.32. The van der Waals surface area contributed by atoms with Gasteiger partial charge in [0, 0.05) is 30.6 Å². The first-order valence-corrected chi connectivity index (χ1v) is 7.63. The molecule has 3 aromatic rings. The van der Waals surface area contributed by atoms with E-state index >= 15 is 0 Å². The molecule has 0 saturated carbocycles. The Labute approximate surface area is 150 Å². The number of pyridine rings is 3. The van der Waals surface area contributed by atoms with Crippen LogP contribution in [0.4, 0.5) is 4.39 Å². The van der Waals surface area contributed by atoms with E-state index in [9.17, 15) is 23.9 Å². The molecule has 0 aliphatic carbocycles. The summed E-state index contributed by atoms with van der Waals surface area (Å²) in [5, 5.41) is 21.3. The van der Waals surface area contributed by atoms with Gasteiger partial charge in [0.1, 0.15) is 23.5 Å². The molecule has 3 rings (SSSR count). The fourth-order valence-corrected chi connectivity index (χ4v) is 2.55. The molecule has 0 atom stereocenters. The van der Waals surface area contributed by atoms with Crippen LogP contribution >= 0.6 is 0 Å². The van der Waals surface area contributed by atoms with Crippen molar-refractivity contribution in [2.24, 2.45) is 7.05 Å². The number of fused-ring (bicyclic) bond motifs is 1. The number of carboxylic acid groups (broad SMARTS) is 1. The molecule has 138 valence electrons. The number of hydrogen-bond donors (Lipinski definition) is 3. The van der Waals surface area contributed by atoms with Gasteiger partial charge in [-0.1, -0.05) is 0 Å². The number of hydrogen-bond acceptors (Lipinski definition) is 6. The number of amides is 1. The van der Waals surface area contributed by atoms with Crippen LogP contribution in [0.5, 0.6) is 5.75 Å². The van der Waals surface area contributed by atoms with E-state index in [1.165, 1.54) is 31.6 Å². The highest BCUT2D eigenvalue weighted by molar-refractivity contribution is 6.03. The first-order chi connectivity index (χ1) is 12.8. The molecule has 3 heterocycles. The van der Waals surface area contributed by atoms with Crippen molar-refractivity contribution in [3.05, 3.63) is 52.5 Å². The zero-order chi connectivity index (χ0) is 19.7. The minimum Gasteiger partial charge on any atom is -0.506 e. The van der Waals surface area contributed by atoms with Gasteiger partial charge in [0.15, 0.2) is 0 Å². The highest BCUT2D eigenvalue weighted by Crippen LogP contribution is 2.29. The lowest BCUT2D eigenvalue weighted by Gasteiger charge is -2.12. The molecule has 0 unspecified atom stereocenters. The van der Waals surface area contributed by atoms with Crippen LogP contribution in [0.25, 0.3) is 22.2 Å². The van der Waals surface area contributed by atoms with Gasteiger partial charge in [-0.2, -0.15) is 4.39 Å². The Balaban J connectivity index is 2.18. The van der Waals surface area contributed by atoms with Crippen LogP contribution in [-0.4, -0.2) is 43.2 Å². The van der Waals surface area contributed by atoms with Gasteiger partial charge < -0.3 is 15.5 Å². The van der Waals surface area contributed by atoms with Crippen molar-refractivity contribution in [2.45, 2.75) is 0 Å². The second-order valence-corrected chi connectivity index (χ2v) is 5.63. The minimum atomic E-state index is -1.30. The number of halogens is 1. The zero-order valence-corrected chi connectivity index (χ0v) is 13.9. The number of aromatic hydroxyl groups is 1. The number of carbonyl (C=O) groups is 2. The number of nitrogens with one attached hydrogen (secondary N) is 1. The predicted molar refractivity (Wildman–Crippen MR) is 91.8 cm³/mol. The third-order valence-electron chi connectivity index (χ3n) is 3.88. The molecule has 27 heavy (non-hydrogen) atoms. The second kappa shape index (κ2) is 6.83. The van der Waals surface area contributed by atoms with Gasteiger partial charge in [-0.3, -0.25) is 19.0 Å². The van der Waals surface area contributed by atoms with Crippen LogP contribution in [0.1, 0.15) is 10.4 Å². The molecule has 0 aliphatic rings. The van der Waals surface area contributed by atoms with E-state index in [4.69, 9.17) is 5.11 Å². The average Bonchev–Trinajstić information content (AvgIpc) is 2.65. The molecule has 0 spiro atoms. The van der Waals surface area contributed by atoms with Crippen LogP contribution in [0.3, 0.4) is 0 Å². The summed E-state index contributed by atoms with van der Waals surface area (Å²) in [6, 6.07) is 4.09. The molecule has 0 saturated heterocycles. The van der Waals surface area contributed by atoms with Crippen molar-refractivity contribution in [1.82, 2.24) is 19.9 Å². The van der Waals surface area contributed by atoms with E-state index in [2.05, 4.69) is 9.97 Å². The maximum atomic E-state index is 13.0. The van der Waals surface area contributed by atoms with Crippen molar-refractivity contribution in [1.29, 1.82) is 0 Å². The van der Waals surface area contributed by atoms with Gasteiger partial charge in [0.05, 0.1) is 5.39 Å². The van der Waals surface area contributed by atoms with Crippen LogP contribution < -0.4 is 10.9 Å². The molecule has 10 heteroatoms. The molecule has 9 nitrogen and oxygen atoms in total. The SMILES string of the molecule is Cn1c(=O)c(C(=O)NCC(=O)O)c(O)c2cc(-c3ccc(F)nc3)cnc21. The number of aromatic nitrogens is 3. The smallest absolute Gasteiger partial charge is 0.322 e. The van der Waals surface area contributed by atoms with Crippen LogP contribution in [-0.2, 0) is 11.8 Å². The van der Waals surface area contributed by atoms with Gasteiger partial charge >= 0.3 is 5.97 Å². The fourth-order valence-electron chi connectivity index (χ4n) is 2.55. The van der Waals surface area contributed by atoms with E-state index in [0.29, 0.717) is 11.1 Å². The van der Waals surface area contributed by atoms with Gasteiger partial charge in [-0.15, -0.1) is 0 Å². The van der Waals surface area contributed by atoms with Gasteiger partial charge in [-0.25, -0.2) is 9.97 Å². The Morgan fingerprint density at radius 1 is 1.22 bits per heavy atom. The largest absolute Gasteiger partial charge is 0.506 e. The Bertz CT molecular complexity index is 1120. The maximum absolute atomic E-state index is 13.0. The summed E-state index contributed by atoms with van der Waals surface area (Å²) < 4.78 is 14.1. The molecule has 0 fully saturated rings. The standard InChI is InChI=1S/C17H13FN4O5/c1-22-15-10(4-9(6-20-15)8-2-3-11(18)19-5-8)14(25)13(17(22)27)16(26)21-7-12(23)24/h2-6,25H,7H2,1H3,(H,21,26)(H,23,24). The lowest BCUT2D eigenvalue weighted by molar-refractivity contribution is -0.135. The van der Waals surface area contributed by atoms with Crippen molar-refractivity contribution in [2.75, 3.05) is 6.54 Å². The lowest BCUT2D eigenvalue weighted by atomic mass is 10.1. The molecule has 0 radical (unpaired) electrons. The normalized spacial score (nSPS) is 10.7. The second-order valence-electron chi connectivity index (χ2n) is 5.63. The Morgan fingerprint density at radius 2 is 1.93 bits per heavy atom. The topological polar surface area (TPSA) is 134 Å². The van der Waals surface area contributed by atoms with Gasteiger partial charge in [-0.05, 0) is 18.2 Å². The fraction of sp³-hybridized carbons (Fsp3) is 0.118. The number of rotatable bonds is 4. The number of nitrogens with zero attached hydrogens (tertiary/aromatic N) is 3. The average molecular weight is 372 g/mol. The number of aryl methyl sites for hydroxylation is 1. The van der Waals surface area contributed by atoms with E-state index in [0.717, 1.165) is 10.6 Å². The molecular formula is C17H13FN4O5. The summed E-state index contributed by atoms with van der Waals surface area (Å²) in [7, 11) is 1.37. The van der Waals surface area contributed by atoms with Crippen LogP contribution in [0.2, 0.25) is 0 Å². The molecule has 0 aliphatic heterocycles. The summed E-state index contributed by atoms with van der Waals surface area (Å²) in [6.45, 7) is -0.709. The van der Waals surface area contributed by atoms with E-state index in [1.807, 2.05) is 5.32 Å². The van der Waals surface area contributed by atoms with Crippen LogP contribution in [0, 0.1) is 5.95 Å². The number of carboxylic acids is 1. The molecule has 0 aromatic carbocycles. The third-order valence-corrected chi connectivity index (χ3v) is 3.88. The van der Waals surface area contributed by atoms with Crippen LogP contribution in [0.15, 0.2) is 35.4 Å². The Hall–Kier alpha value is -3.82. The quantitative estimate of drug-likeness (QED) is 0.573. The zero-order valence-electron chi connectivity index (χ0n) is 13.9. The number of aliphatic carboxylic acids is 1. The molecule has 3 aromatic heterocycles. The predicted octanol–water partition coefficient (Wildman–Crippen LogP) is 0.655. The minimum absolute atomic E-state index is 0.0967. The Morgan fingerprint density at radius 3 is 2.56 bits per heavy atom. The van der Waals surface area contributed by atoms with E-state index in [-0.39, 0.29) is 11.0 Å². The maximum Gasteiger partial charge on any atom is 0.322 e. The molecule has 1 amide bonds. The lowest BCUT2D eigenvalue weighted by Crippen LogP contribution is -2.35. The molecular weight excluding hydrogens is 359 g/mol. The van der Waals surface area contributed by atoms with Crippen molar-refractivity contribution >= 4 is 22.9 Å². The summed E-state index contributed by atoms with van der Waals surface area (Å²) in [6.07, 6.45) is 2.69. The summed E-state index contributed by atoms with van der Waals surface area (Å²) >= 11 is 0. The monoisotopic (exact) mass is 372 g/mol. The van der Waals surface area contributed by atoms with E-state index in [1.54, 1.807) is 0 Å². The van der Waals surface area contributed by atoms with Crippen molar-refractivity contribution in [3.8, 4) is 16.9 Å². The van der Waals surface area contributed by atoms with Gasteiger partial charge in [0.2, 0.25) is 5.95 Å². The van der Waals surface area contributed by atoms with E-state index < -0.39 is 41.2 Å². The first kappa shape index (κ1) is 18.0. The molecule has 0 bridgehead atoms. The molecule has 3 N–H and O–H groups in total. The van der Waals surface area contributed by atoms with Crippen molar-refractivity contribution in [3.63, 3.8) is 0 Å². The first-order valence-electron chi connectivity index (χ1n) is 7.63. The summed E-state index contributed by atoms with van der Waals surface area (Å²) in [5.74, 6) is -3.60. The Kier molecular flexibility index (Phi) is 4.55. The highest BCUT2D eigenvalue weighted by atomic mass is 19.1. The number of carbonyl (C=O) groups excluding carboxylic acids is 1. The summed E-state index contributed by atoms with van der Waals surface area (Å²) in [5.41, 5.74) is -0.322.